The summed E-state index contributed by atoms with van der Waals surface area (Å²) in [5.41, 5.74) is 2.75. The second-order valence-electron chi connectivity index (χ2n) is 9.89. The summed E-state index contributed by atoms with van der Waals surface area (Å²) in [4.78, 5) is 13.6. The van der Waals surface area contributed by atoms with Crippen LogP contribution in [0.5, 0.6) is 0 Å². The van der Waals surface area contributed by atoms with E-state index < -0.39 is 35.9 Å². The summed E-state index contributed by atoms with van der Waals surface area (Å²) in [5.74, 6) is -4.86. The number of likely N-dealkylation sites (tertiary alicyclic amines) is 1. The minimum absolute atomic E-state index is 0.0548. The number of benzene rings is 3. The molecular formula is C31H26F5NO2. The number of carboxylic acids is 1. The lowest BCUT2D eigenvalue weighted by atomic mass is 9.86. The van der Waals surface area contributed by atoms with Gasteiger partial charge >= 0.3 is 5.97 Å². The molecule has 0 bridgehead atoms. The molecule has 0 aromatic heterocycles. The summed E-state index contributed by atoms with van der Waals surface area (Å²) in [6.45, 7) is 1.31. The van der Waals surface area contributed by atoms with Crippen molar-refractivity contribution in [1.82, 2.24) is 4.90 Å². The molecule has 0 saturated carbocycles. The molecule has 1 aliphatic carbocycles. The molecule has 1 saturated heterocycles. The zero-order valence-electron chi connectivity index (χ0n) is 21.0. The van der Waals surface area contributed by atoms with Gasteiger partial charge in [0.2, 0.25) is 0 Å². The van der Waals surface area contributed by atoms with Gasteiger partial charge in [-0.2, -0.15) is 0 Å². The first-order valence-corrected chi connectivity index (χ1v) is 12.8. The third kappa shape index (κ3) is 5.39. The van der Waals surface area contributed by atoms with Crippen LogP contribution in [0, 0.1) is 23.3 Å². The van der Waals surface area contributed by atoms with Crippen LogP contribution in [0.25, 0.3) is 17.2 Å². The molecule has 1 N–H and O–H groups in total. The van der Waals surface area contributed by atoms with Gasteiger partial charge in [-0.25, -0.2) is 22.4 Å². The summed E-state index contributed by atoms with van der Waals surface area (Å²) >= 11 is 0. The van der Waals surface area contributed by atoms with E-state index >= 15 is 8.78 Å². The lowest BCUT2D eigenvalue weighted by Gasteiger charge is -2.33. The first-order chi connectivity index (χ1) is 18.8. The Kier molecular flexibility index (Phi) is 7.66. The van der Waals surface area contributed by atoms with Crippen molar-refractivity contribution in [3.05, 3.63) is 111 Å². The predicted octanol–water partition coefficient (Wildman–Crippen LogP) is 7.30. The van der Waals surface area contributed by atoms with Crippen LogP contribution in [0.3, 0.4) is 0 Å². The zero-order chi connectivity index (χ0) is 27.7. The highest BCUT2D eigenvalue weighted by Crippen LogP contribution is 2.42. The number of halogens is 5. The number of hydrogen-bond donors (Lipinski definition) is 1. The standard InChI is InChI=1S/C31H26F5NO2/c32-11-2-12-37-16-18(17-37)13-20-5-9-26(30(36)29(20)35)28-23-8-6-21(31(38)39)14-19(23)3-1-4-25(28)24-10-7-22(33)15-27(24)34/h5-10,13-15H,1-4,11-12,16-17H2,(H,38,39). The summed E-state index contributed by atoms with van der Waals surface area (Å²) in [6, 6.07) is 10.5. The molecule has 3 nitrogen and oxygen atoms in total. The van der Waals surface area contributed by atoms with E-state index in [4.69, 9.17) is 0 Å². The number of alkyl halides is 1. The summed E-state index contributed by atoms with van der Waals surface area (Å²) in [6.07, 6.45) is 3.24. The van der Waals surface area contributed by atoms with Gasteiger partial charge in [0.25, 0.3) is 0 Å². The SMILES string of the molecule is O=C(O)c1ccc2c(c1)CCCC(c1ccc(F)cc1F)=C2c1ccc(C=C2CN(CCCF)C2)c(F)c1F. The molecule has 202 valence electrons. The number of allylic oxidation sites excluding steroid dienone is 1. The molecule has 39 heavy (non-hydrogen) atoms. The van der Waals surface area contributed by atoms with E-state index in [0.29, 0.717) is 55.6 Å². The van der Waals surface area contributed by atoms with Crippen molar-refractivity contribution >= 4 is 23.2 Å². The number of carboxylic acid groups (broad SMARTS) is 1. The molecule has 1 fully saturated rings. The smallest absolute Gasteiger partial charge is 0.335 e. The van der Waals surface area contributed by atoms with E-state index in [-0.39, 0.29) is 34.2 Å². The topological polar surface area (TPSA) is 40.5 Å². The lowest BCUT2D eigenvalue weighted by molar-refractivity contribution is 0.0696. The normalized spacial score (nSPS) is 15.6. The molecular weight excluding hydrogens is 513 g/mol. The van der Waals surface area contributed by atoms with E-state index in [1.165, 1.54) is 36.4 Å². The number of fused-ring (bicyclic) bond motifs is 1. The van der Waals surface area contributed by atoms with Gasteiger partial charge in [0.05, 0.1) is 12.2 Å². The van der Waals surface area contributed by atoms with Crippen LogP contribution in [0.2, 0.25) is 0 Å². The summed E-state index contributed by atoms with van der Waals surface area (Å²) < 4.78 is 72.4. The molecule has 0 amide bonds. The molecule has 3 aromatic carbocycles. The van der Waals surface area contributed by atoms with E-state index in [1.807, 2.05) is 4.90 Å². The third-order valence-electron chi connectivity index (χ3n) is 7.25. The average molecular weight is 540 g/mol. The molecule has 3 aromatic rings. The largest absolute Gasteiger partial charge is 0.478 e. The van der Waals surface area contributed by atoms with Crippen molar-refractivity contribution in [2.24, 2.45) is 0 Å². The Morgan fingerprint density at radius 3 is 2.36 bits per heavy atom. The van der Waals surface area contributed by atoms with Crippen LogP contribution in [-0.4, -0.2) is 42.3 Å². The average Bonchev–Trinajstić information content (AvgIpc) is 3.07. The molecule has 8 heteroatoms. The Morgan fingerprint density at radius 1 is 0.897 bits per heavy atom. The monoisotopic (exact) mass is 539 g/mol. The van der Waals surface area contributed by atoms with Gasteiger partial charge in [-0.15, -0.1) is 0 Å². The van der Waals surface area contributed by atoms with Gasteiger partial charge in [-0.3, -0.25) is 9.29 Å². The van der Waals surface area contributed by atoms with Crippen LogP contribution in [-0.2, 0) is 6.42 Å². The van der Waals surface area contributed by atoms with Gasteiger partial charge in [0, 0.05) is 42.4 Å². The number of nitrogens with zero attached hydrogens (tertiary/aromatic N) is 1. The van der Waals surface area contributed by atoms with E-state index in [9.17, 15) is 23.1 Å². The second-order valence-corrected chi connectivity index (χ2v) is 9.89. The number of aryl methyl sites for hydroxylation is 1. The van der Waals surface area contributed by atoms with Gasteiger partial charge < -0.3 is 5.11 Å². The number of carbonyl (C=O) groups is 1. The van der Waals surface area contributed by atoms with Crippen molar-refractivity contribution < 1.29 is 31.9 Å². The van der Waals surface area contributed by atoms with Gasteiger partial charge in [0.1, 0.15) is 11.6 Å². The van der Waals surface area contributed by atoms with Crippen molar-refractivity contribution in [3.63, 3.8) is 0 Å². The Hall–Kier alpha value is -3.78. The summed E-state index contributed by atoms with van der Waals surface area (Å²) in [5, 5.41) is 9.47. The Bertz CT molecular complexity index is 1500. The second kappa shape index (κ2) is 11.1. The number of rotatable bonds is 7. The molecule has 0 atom stereocenters. The Balaban J connectivity index is 1.64. The van der Waals surface area contributed by atoms with Crippen LogP contribution >= 0.6 is 0 Å². The van der Waals surface area contributed by atoms with Crippen molar-refractivity contribution in [3.8, 4) is 0 Å². The maximum atomic E-state index is 15.8. The maximum absolute atomic E-state index is 15.8. The fraction of sp³-hybridized carbons (Fsp3) is 0.258. The number of hydrogen-bond acceptors (Lipinski definition) is 2. The zero-order valence-corrected chi connectivity index (χ0v) is 21.0. The van der Waals surface area contributed by atoms with E-state index in [0.717, 1.165) is 17.7 Å². The maximum Gasteiger partial charge on any atom is 0.335 e. The van der Waals surface area contributed by atoms with E-state index in [1.54, 1.807) is 6.08 Å². The first kappa shape index (κ1) is 26.8. The third-order valence-corrected chi connectivity index (χ3v) is 7.25. The van der Waals surface area contributed by atoms with Crippen LogP contribution in [0.4, 0.5) is 22.0 Å². The number of aromatic carboxylic acids is 1. The molecule has 1 aliphatic heterocycles. The minimum Gasteiger partial charge on any atom is -0.478 e. The van der Waals surface area contributed by atoms with Crippen molar-refractivity contribution in [2.75, 3.05) is 26.3 Å². The van der Waals surface area contributed by atoms with Crippen LogP contribution in [0.15, 0.2) is 54.1 Å². The van der Waals surface area contributed by atoms with Crippen LogP contribution in [0.1, 0.15) is 57.4 Å². The molecule has 0 radical (unpaired) electrons. The van der Waals surface area contributed by atoms with Gasteiger partial charge in [-0.05, 0) is 77.8 Å². The fourth-order valence-electron chi connectivity index (χ4n) is 5.38. The predicted molar refractivity (Wildman–Crippen MR) is 140 cm³/mol. The molecule has 2 aliphatic rings. The molecule has 0 unspecified atom stereocenters. The molecule has 0 spiro atoms. The summed E-state index contributed by atoms with van der Waals surface area (Å²) in [7, 11) is 0. The molecule has 5 rings (SSSR count). The van der Waals surface area contributed by atoms with Gasteiger partial charge in [-0.1, -0.05) is 24.3 Å². The minimum atomic E-state index is -1.12. The highest BCUT2D eigenvalue weighted by atomic mass is 19.2. The van der Waals surface area contributed by atoms with Crippen LogP contribution < -0.4 is 0 Å². The Morgan fingerprint density at radius 2 is 1.64 bits per heavy atom. The quantitative estimate of drug-likeness (QED) is 0.321. The highest BCUT2D eigenvalue weighted by molar-refractivity contribution is 6.01. The van der Waals surface area contributed by atoms with Crippen molar-refractivity contribution in [1.29, 1.82) is 0 Å². The highest BCUT2D eigenvalue weighted by Gasteiger charge is 2.27. The van der Waals surface area contributed by atoms with Gasteiger partial charge in [0.15, 0.2) is 11.6 Å². The first-order valence-electron chi connectivity index (χ1n) is 12.8. The lowest BCUT2D eigenvalue weighted by Crippen LogP contribution is -2.40. The van der Waals surface area contributed by atoms with E-state index in [2.05, 4.69) is 0 Å². The fourth-order valence-corrected chi connectivity index (χ4v) is 5.38. The molecule has 1 heterocycles. The van der Waals surface area contributed by atoms with Crippen molar-refractivity contribution in [2.45, 2.75) is 25.7 Å². The Labute approximate surface area is 222 Å².